The van der Waals surface area contributed by atoms with E-state index in [4.69, 9.17) is 10.5 Å². The van der Waals surface area contributed by atoms with Gasteiger partial charge < -0.3 is 10.5 Å². The minimum atomic E-state index is 0.168. The zero-order valence-corrected chi connectivity index (χ0v) is 11.6. The summed E-state index contributed by atoms with van der Waals surface area (Å²) in [6.45, 7) is 6.24. The molecule has 0 aliphatic carbocycles. The summed E-state index contributed by atoms with van der Waals surface area (Å²) in [6.07, 6.45) is 3.32. The number of rotatable bonds is 4. The molecule has 0 amide bonds. The van der Waals surface area contributed by atoms with Crippen molar-refractivity contribution in [2.75, 3.05) is 13.2 Å². The van der Waals surface area contributed by atoms with Gasteiger partial charge >= 0.3 is 0 Å². The van der Waals surface area contributed by atoms with E-state index in [1.165, 1.54) is 11.1 Å². The van der Waals surface area contributed by atoms with E-state index in [0.717, 1.165) is 32.5 Å². The fraction of sp³-hybridized carbons (Fsp3) is 0.625. The summed E-state index contributed by atoms with van der Waals surface area (Å²) in [5.74, 6) is 1.27. The van der Waals surface area contributed by atoms with Gasteiger partial charge in [0.2, 0.25) is 0 Å². The van der Waals surface area contributed by atoms with Crippen LogP contribution in [0.5, 0.6) is 0 Å². The van der Waals surface area contributed by atoms with Gasteiger partial charge in [0.25, 0.3) is 0 Å². The average molecular weight is 247 g/mol. The molecule has 100 valence electrons. The fourth-order valence-electron chi connectivity index (χ4n) is 2.75. The first-order valence-corrected chi connectivity index (χ1v) is 7.09. The summed E-state index contributed by atoms with van der Waals surface area (Å²) in [7, 11) is 0. The van der Waals surface area contributed by atoms with Crippen LogP contribution in [0.2, 0.25) is 0 Å². The molecule has 2 N–H and O–H groups in total. The molecule has 1 unspecified atom stereocenters. The van der Waals surface area contributed by atoms with Crippen molar-refractivity contribution < 1.29 is 4.74 Å². The Kier molecular flexibility index (Phi) is 4.79. The molecule has 0 saturated carbocycles. The van der Waals surface area contributed by atoms with Crippen LogP contribution in [-0.2, 0) is 11.2 Å². The molecule has 1 fully saturated rings. The van der Waals surface area contributed by atoms with Crippen molar-refractivity contribution in [2.45, 2.75) is 39.2 Å². The molecular weight excluding hydrogens is 222 g/mol. The third-order valence-electron chi connectivity index (χ3n) is 3.75. The van der Waals surface area contributed by atoms with Gasteiger partial charge in [0, 0.05) is 19.3 Å². The maximum atomic E-state index is 6.41. The summed E-state index contributed by atoms with van der Waals surface area (Å²) in [4.78, 5) is 0. The number of hydrogen-bond acceptors (Lipinski definition) is 2. The van der Waals surface area contributed by atoms with E-state index in [1.807, 2.05) is 0 Å². The Bertz CT molecular complexity index is 369. The summed E-state index contributed by atoms with van der Waals surface area (Å²) < 4.78 is 5.41. The number of nitrogens with two attached hydrogens (primary N) is 1. The molecule has 0 spiro atoms. The van der Waals surface area contributed by atoms with Crippen LogP contribution < -0.4 is 5.73 Å². The van der Waals surface area contributed by atoms with Gasteiger partial charge in [-0.2, -0.15) is 0 Å². The second-order valence-electron chi connectivity index (χ2n) is 5.82. The first-order valence-electron chi connectivity index (χ1n) is 7.09. The Morgan fingerprint density at radius 2 is 2.00 bits per heavy atom. The molecule has 1 heterocycles. The molecule has 0 radical (unpaired) electrons. The topological polar surface area (TPSA) is 35.2 Å². The monoisotopic (exact) mass is 247 g/mol. The van der Waals surface area contributed by atoms with Crippen molar-refractivity contribution in [1.82, 2.24) is 0 Å². The van der Waals surface area contributed by atoms with Gasteiger partial charge in [0.1, 0.15) is 0 Å². The molecule has 0 aromatic heterocycles. The van der Waals surface area contributed by atoms with Crippen LogP contribution in [0, 0.1) is 11.8 Å². The van der Waals surface area contributed by atoms with Crippen LogP contribution in [0.4, 0.5) is 0 Å². The van der Waals surface area contributed by atoms with Crippen LogP contribution in [0.1, 0.15) is 43.9 Å². The van der Waals surface area contributed by atoms with Gasteiger partial charge in [0.05, 0.1) is 0 Å². The number of ether oxygens (including phenoxy) is 1. The van der Waals surface area contributed by atoms with Crippen LogP contribution in [0.25, 0.3) is 0 Å². The van der Waals surface area contributed by atoms with Gasteiger partial charge in [-0.25, -0.2) is 0 Å². The molecular formula is C16H25NO. The second-order valence-corrected chi connectivity index (χ2v) is 5.82. The Labute approximate surface area is 111 Å². The largest absolute Gasteiger partial charge is 0.381 e. The summed E-state index contributed by atoms with van der Waals surface area (Å²) in [5, 5.41) is 0. The number of hydrogen-bond donors (Lipinski definition) is 1. The van der Waals surface area contributed by atoms with Crippen molar-refractivity contribution in [2.24, 2.45) is 17.6 Å². The van der Waals surface area contributed by atoms with Gasteiger partial charge in [-0.15, -0.1) is 0 Å². The third kappa shape index (κ3) is 3.56. The summed E-state index contributed by atoms with van der Waals surface area (Å²) >= 11 is 0. The number of benzene rings is 1. The molecule has 1 aromatic rings. The molecule has 1 aliphatic heterocycles. The zero-order chi connectivity index (χ0) is 13.0. The average Bonchev–Trinajstić information content (AvgIpc) is 2.38. The Hall–Kier alpha value is -0.860. The SMILES string of the molecule is CC(C)Cc1cccc(C(N)C2CCOCC2)c1. The molecule has 1 aliphatic rings. The lowest BCUT2D eigenvalue weighted by Gasteiger charge is -2.28. The predicted octanol–water partition coefficient (Wildman–Crippen LogP) is 3.31. The van der Waals surface area contributed by atoms with E-state index in [2.05, 4.69) is 38.1 Å². The lowest BCUT2D eigenvalue weighted by molar-refractivity contribution is 0.0584. The lowest BCUT2D eigenvalue weighted by Crippen LogP contribution is -2.27. The Morgan fingerprint density at radius 3 is 2.67 bits per heavy atom. The predicted molar refractivity (Wildman–Crippen MR) is 75.5 cm³/mol. The molecule has 2 heteroatoms. The molecule has 2 rings (SSSR count). The van der Waals surface area contributed by atoms with E-state index in [9.17, 15) is 0 Å². The first-order chi connectivity index (χ1) is 8.66. The van der Waals surface area contributed by atoms with Crippen molar-refractivity contribution in [3.05, 3.63) is 35.4 Å². The lowest BCUT2D eigenvalue weighted by atomic mass is 9.86. The molecule has 1 saturated heterocycles. The Balaban J connectivity index is 2.06. The van der Waals surface area contributed by atoms with Gasteiger partial charge in [-0.05, 0) is 42.2 Å². The first kappa shape index (κ1) is 13.6. The van der Waals surface area contributed by atoms with E-state index in [-0.39, 0.29) is 6.04 Å². The van der Waals surface area contributed by atoms with Gasteiger partial charge in [-0.1, -0.05) is 38.1 Å². The minimum Gasteiger partial charge on any atom is -0.381 e. The fourth-order valence-corrected chi connectivity index (χ4v) is 2.75. The minimum absolute atomic E-state index is 0.168. The highest BCUT2D eigenvalue weighted by Gasteiger charge is 2.22. The highest BCUT2D eigenvalue weighted by Crippen LogP contribution is 2.28. The second kappa shape index (κ2) is 6.35. The smallest absolute Gasteiger partial charge is 0.0469 e. The van der Waals surface area contributed by atoms with Crippen LogP contribution in [0.15, 0.2) is 24.3 Å². The maximum Gasteiger partial charge on any atom is 0.0469 e. The highest BCUT2D eigenvalue weighted by atomic mass is 16.5. The quantitative estimate of drug-likeness (QED) is 0.886. The van der Waals surface area contributed by atoms with Crippen molar-refractivity contribution in [3.63, 3.8) is 0 Å². The molecule has 0 bridgehead atoms. The normalized spacial score (nSPS) is 19.1. The van der Waals surface area contributed by atoms with Crippen molar-refractivity contribution >= 4 is 0 Å². The van der Waals surface area contributed by atoms with E-state index < -0.39 is 0 Å². The third-order valence-corrected chi connectivity index (χ3v) is 3.75. The van der Waals surface area contributed by atoms with E-state index >= 15 is 0 Å². The molecule has 18 heavy (non-hydrogen) atoms. The highest BCUT2D eigenvalue weighted by molar-refractivity contribution is 5.26. The van der Waals surface area contributed by atoms with Crippen LogP contribution in [-0.4, -0.2) is 13.2 Å². The standard InChI is InChI=1S/C16H25NO/c1-12(2)10-13-4-3-5-15(11-13)16(17)14-6-8-18-9-7-14/h3-5,11-12,14,16H,6-10,17H2,1-2H3. The maximum absolute atomic E-state index is 6.41. The summed E-state index contributed by atoms with van der Waals surface area (Å²) in [6, 6.07) is 8.98. The van der Waals surface area contributed by atoms with Gasteiger partial charge in [-0.3, -0.25) is 0 Å². The van der Waals surface area contributed by atoms with E-state index in [1.54, 1.807) is 0 Å². The van der Waals surface area contributed by atoms with Gasteiger partial charge in [0.15, 0.2) is 0 Å². The molecule has 1 atom stereocenters. The molecule has 2 nitrogen and oxygen atoms in total. The van der Waals surface area contributed by atoms with Crippen molar-refractivity contribution in [1.29, 1.82) is 0 Å². The van der Waals surface area contributed by atoms with Crippen LogP contribution >= 0.6 is 0 Å². The summed E-state index contributed by atoms with van der Waals surface area (Å²) in [5.41, 5.74) is 9.11. The Morgan fingerprint density at radius 1 is 1.28 bits per heavy atom. The van der Waals surface area contributed by atoms with Crippen LogP contribution in [0.3, 0.4) is 0 Å². The zero-order valence-electron chi connectivity index (χ0n) is 11.6. The molecule has 1 aromatic carbocycles. The van der Waals surface area contributed by atoms with Crippen molar-refractivity contribution in [3.8, 4) is 0 Å². The van der Waals surface area contributed by atoms with E-state index in [0.29, 0.717) is 11.8 Å².